The highest BCUT2D eigenvalue weighted by molar-refractivity contribution is 5.80. The smallest absolute Gasteiger partial charge is 0.191 e. The van der Waals surface area contributed by atoms with Crippen molar-refractivity contribution in [1.82, 2.24) is 10.6 Å². The molecule has 0 aromatic rings. The van der Waals surface area contributed by atoms with Crippen molar-refractivity contribution in [2.24, 2.45) is 22.2 Å². The molecule has 112 valence electrons. The lowest BCUT2D eigenvalue weighted by Crippen LogP contribution is -2.72. The minimum Gasteiger partial charge on any atom is -0.377 e. The maximum Gasteiger partial charge on any atom is 0.191 e. The van der Waals surface area contributed by atoms with Crippen LogP contribution >= 0.6 is 0 Å². The van der Waals surface area contributed by atoms with Gasteiger partial charge in [-0.25, -0.2) is 0 Å². The molecule has 3 unspecified atom stereocenters. The molecule has 3 aliphatic carbocycles. The number of hydrogen-bond donors (Lipinski definition) is 2. The number of aliphatic imine (C=N–C) groups is 1. The Morgan fingerprint density at radius 3 is 2.80 bits per heavy atom. The Kier molecular flexibility index (Phi) is 3.17. The first-order chi connectivity index (χ1) is 9.83. The second kappa shape index (κ2) is 4.90. The third-order valence-electron chi connectivity index (χ3n) is 5.88. The average molecular weight is 277 g/mol. The monoisotopic (exact) mass is 277 g/mol. The van der Waals surface area contributed by atoms with Gasteiger partial charge in [0.05, 0.1) is 6.10 Å². The van der Waals surface area contributed by atoms with Gasteiger partial charge >= 0.3 is 0 Å². The molecule has 0 aromatic heterocycles. The molecule has 3 saturated carbocycles. The van der Waals surface area contributed by atoms with Crippen molar-refractivity contribution in [3.63, 3.8) is 0 Å². The van der Waals surface area contributed by atoms with Crippen molar-refractivity contribution in [3.05, 3.63) is 0 Å². The number of hydrogen-bond acceptors (Lipinski definition) is 2. The van der Waals surface area contributed by atoms with E-state index >= 15 is 0 Å². The van der Waals surface area contributed by atoms with Gasteiger partial charge in [0.25, 0.3) is 0 Å². The SMILES string of the molecule is CCNC(=NCC1CC1)NC1C2CCOC2C12CCC2. The Morgan fingerprint density at radius 1 is 1.30 bits per heavy atom. The number of rotatable bonds is 4. The summed E-state index contributed by atoms with van der Waals surface area (Å²) >= 11 is 0. The van der Waals surface area contributed by atoms with Gasteiger partial charge < -0.3 is 15.4 Å². The van der Waals surface area contributed by atoms with E-state index in [-0.39, 0.29) is 0 Å². The van der Waals surface area contributed by atoms with E-state index in [1.165, 1.54) is 38.5 Å². The molecule has 1 spiro atoms. The topological polar surface area (TPSA) is 45.7 Å². The minimum atomic E-state index is 0.441. The van der Waals surface area contributed by atoms with Crippen LogP contribution in [-0.2, 0) is 4.74 Å². The highest BCUT2D eigenvalue weighted by atomic mass is 16.5. The van der Waals surface area contributed by atoms with Crippen LogP contribution in [0.3, 0.4) is 0 Å². The zero-order chi connectivity index (χ0) is 13.6. The molecule has 0 radical (unpaired) electrons. The summed E-state index contributed by atoms with van der Waals surface area (Å²) in [6.45, 7) is 5.06. The Morgan fingerprint density at radius 2 is 2.15 bits per heavy atom. The van der Waals surface area contributed by atoms with Crippen LogP contribution in [-0.4, -0.2) is 37.8 Å². The summed E-state index contributed by atoms with van der Waals surface area (Å²) in [5.41, 5.74) is 0.441. The first-order valence-corrected chi connectivity index (χ1v) is 8.50. The van der Waals surface area contributed by atoms with Crippen LogP contribution < -0.4 is 10.6 Å². The zero-order valence-electron chi connectivity index (χ0n) is 12.5. The molecule has 4 rings (SSSR count). The van der Waals surface area contributed by atoms with Crippen molar-refractivity contribution in [2.45, 2.75) is 57.6 Å². The van der Waals surface area contributed by atoms with Crippen LogP contribution in [0.5, 0.6) is 0 Å². The summed E-state index contributed by atoms with van der Waals surface area (Å²) in [7, 11) is 0. The molecule has 4 aliphatic rings. The fourth-order valence-corrected chi connectivity index (χ4v) is 4.44. The number of guanidine groups is 1. The quantitative estimate of drug-likeness (QED) is 0.609. The Balaban J connectivity index is 1.44. The summed E-state index contributed by atoms with van der Waals surface area (Å²) < 4.78 is 5.99. The average Bonchev–Trinajstić information content (AvgIpc) is 3.11. The van der Waals surface area contributed by atoms with E-state index in [4.69, 9.17) is 9.73 Å². The zero-order valence-corrected chi connectivity index (χ0v) is 12.5. The van der Waals surface area contributed by atoms with E-state index in [0.29, 0.717) is 17.6 Å². The van der Waals surface area contributed by atoms with Gasteiger partial charge in [0.1, 0.15) is 0 Å². The second-order valence-electron chi connectivity index (χ2n) is 7.12. The maximum absolute atomic E-state index is 5.99. The maximum atomic E-state index is 5.99. The predicted molar refractivity (Wildman–Crippen MR) is 79.8 cm³/mol. The molecular formula is C16H27N3O. The molecule has 2 N–H and O–H groups in total. The molecule has 0 amide bonds. The molecule has 1 heterocycles. The standard InChI is InChI=1S/C16H27N3O/c1-2-17-15(18-10-11-4-5-11)19-13-12-6-9-20-14(12)16(13)7-3-8-16/h11-14H,2-10H2,1H3,(H2,17,18,19). The van der Waals surface area contributed by atoms with Crippen LogP contribution in [0.1, 0.15) is 45.4 Å². The van der Waals surface area contributed by atoms with Gasteiger partial charge in [-0.1, -0.05) is 6.42 Å². The fourth-order valence-electron chi connectivity index (χ4n) is 4.44. The number of ether oxygens (including phenoxy) is 1. The van der Waals surface area contributed by atoms with E-state index < -0.39 is 0 Å². The summed E-state index contributed by atoms with van der Waals surface area (Å²) in [5.74, 6) is 2.62. The largest absolute Gasteiger partial charge is 0.377 e. The lowest BCUT2D eigenvalue weighted by atomic mass is 9.46. The molecule has 20 heavy (non-hydrogen) atoms. The van der Waals surface area contributed by atoms with Crippen LogP contribution in [0.4, 0.5) is 0 Å². The first kappa shape index (κ1) is 12.9. The van der Waals surface area contributed by atoms with Crippen molar-refractivity contribution in [1.29, 1.82) is 0 Å². The van der Waals surface area contributed by atoms with Gasteiger partial charge in [-0.15, -0.1) is 0 Å². The first-order valence-electron chi connectivity index (χ1n) is 8.50. The van der Waals surface area contributed by atoms with E-state index in [2.05, 4.69) is 17.6 Å². The van der Waals surface area contributed by atoms with Gasteiger partial charge in [-0.05, 0) is 44.9 Å². The number of nitrogens with one attached hydrogen (secondary N) is 2. The van der Waals surface area contributed by atoms with Gasteiger partial charge in [-0.2, -0.15) is 0 Å². The minimum absolute atomic E-state index is 0.441. The van der Waals surface area contributed by atoms with Gasteiger partial charge in [0.2, 0.25) is 0 Å². The molecule has 3 atom stereocenters. The van der Waals surface area contributed by atoms with E-state index in [1.807, 2.05) is 0 Å². The molecule has 4 fully saturated rings. The molecular weight excluding hydrogens is 250 g/mol. The molecule has 1 aliphatic heterocycles. The van der Waals surface area contributed by atoms with Crippen LogP contribution in [0.15, 0.2) is 4.99 Å². The van der Waals surface area contributed by atoms with E-state index in [0.717, 1.165) is 37.5 Å². The van der Waals surface area contributed by atoms with E-state index in [9.17, 15) is 0 Å². The fraction of sp³-hybridized carbons (Fsp3) is 0.938. The highest BCUT2D eigenvalue weighted by Gasteiger charge is 2.66. The normalized spacial score (nSPS) is 38.0. The van der Waals surface area contributed by atoms with Crippen molar-refractivity contribution < 1.29 is 4.74 Å². The van der Waals surface area contributed by atoms with Crippen LogP contribution in [0.2, 0.25) is 0 Å². The predicted octanol–water partition coefficient (Wildman–Crippen LogP) is 1.91. The number of fused-ring (bicyclic) bond motifs is 2. The third kappa shape index (κ3) is 1.95. The molecule has 1 saturated heterocycles. The molecule has 4 nitrogen and oxygen atoms in total. The molecule has 4 heteroatoms. The van der Waals surface area contributed by atoms with Crippen molar-refractivity contribution in [3.8, 4) is 0 Å². The van der Waals surface area contributed by atoms with Gasteiger partial charge in [-0.3, -0.25) is 4.99 Å². The summed E-state index contributed by atoms with van der Waals surface area (Å²) in [6.07, 6.45) is 8.57. The second-order valence-corrected chi connectivity index (χ2v) is 7.12. The number of nitrogens with zero attached hydrogens (tertiary/aromatic N) is 1. The third-order valence-corrected chi connectivity index (χ3v) is 5.88. The Bertz CT molecular complexity index is 401. The van der Waals surface area contributed by atoms with Gasteiger partial charge in [0, 0.05) is 37.1 Å². The summed E-state index contributed by atoms with van der Waals surface area (Å²) in [4.78, 5) is 4.79. The lowest BCUT2D eigenvalue weighted by Gasteiger charge is -2.63. The van der Waals surface area contributed by atoms with E-state index in [1.54, 1.807) is 0 Å². The van der Waals surface area contributed by atoms with Crippen LogP contribution in [0.25, 0.3) is 0 Å². The molecule has 0 aromatic carbocycles. The van der Waals surface area contributed by atoms with Crippen LogP contribution in [0, 0.1) is 17.3 Å². The summed E-state index contributed by atoms with van der Waals surface area (Å²) in [6, 6.07) is 0.598. The Hall–Kier alpha value is -0.770. The van der Waals surface area contributed by atoms with Crippen molar-refractivity contribution >= 4 is 5.96 Å². The summed E-state index contributed by atoms with van der Waals surface area (Å²) in [5, 5.41) is 7.19. The molecule has 0 bridgehead atoms. The lowest BCUT2D eigenvalue weighted by molar-refractivity contribution is -0.171. The highest BCUT2D eigenvalue weighted by Crippen LogP contribution is 2.62. The Labute approximate surface area is 121 Å². The van der Waals surface area contributed by atoms with Crippen molar-refractivity contribution in [2.75, 3.05) is 19.7 Å². The van der Waals surface area contributed by atoms with Gasteiger partial charge in [0.15, 0.2) is 5.96 Å².